The first-order chi connectivity index (χ1) is 13.5. The van der Waals surface area contributed by atoms with Crippen LogP contribution < -0.4 is 10.1 Å². The molecule has 4 rings (SSSR count). The molecule has 1 amide bonds. The Morgan fingerprint density at radius 1 is 1.07 bits per heavy atom. The zero-order valence-corrected chi connectivity index (χ0v) is 16.6. The van der Waals surface area contributed by atoms with Gasteiger partial charge in [-0.15, -0.1) is 11.3 Å². The molecule has 0 saturated heterocycles. The summed E-state index contributed by atoms with van der Waals surface area (Å²) >= 11 is 1.57. The van der Waals surface area contributed by atoms with E-state index in [0.717, 1.165) is 21.3 Å². The van der Waals surface area contributed by atoms with Crippen LogP contribution in [0.5, 0.6) is 11.6 Å². The molecule has 0 aliphatic rings. The number of carbonyl (C=O) groups is 1. The van der Waals surface area contributed by atoms with Gasteiger partial charge in [-0.05, 0) is 42.7 Å². The fourth-order valence-corrected chi connectivity index (χ4v) is 3.91. The summed E-state index contributed by atoms with van der Waals surface area (Å²) in [6, 6.07) is 13.7. The van der Waals surface area contributed by atoms with Crippen molar-refractivity contribution in [2.75, 3.05) is 5.32 Å². The van der Waals surface area contributed by atoms with Crippen LogP contribution >= 0.6 is 11.3 Å². The van der Waals surface area contributed by atoms with Gasteiger partial charge in [0, 0.05) is 29.6 Å². The van der Waals surface area contributed by atoms with E-state index < -0.39 is 0 Å². The molecule has 2 aromatic carbocycles. The van der Waals surface area contributed by atoms with Gasteiger partial charge in [-0.3, -0.25) is 4.79 Å². The van der Waals surface area contributed by atoms with Crippen LogP contribution in [0.25, 0.3) is 21.3 Å². The Morgan fingerprint density at radius 2 is 1.93 bits per heavy atom. The van der Waals surface area contributed by atoms with Gasteiger partial charge < -0.3 is 10.1 Å². The van der Waals surface area contributed by atoms with E-state index in [1.807, 2.05) is 18.2 Å². The second-order valence-electron chi connectivity index (χ2n) is 6.62. The maximum absolute atomic E-state index is 11.3. The number of aromatic nitrogens is 2. The molecule has 4 aromatic rings. The molecule has 2 heterocycles. The number of amides is 1. The monoisotopic (exact) mass is 389 g/mol. The van der Waals surface area contributed by atoms with Gasteiger partial charge in [0.15, 0.2) is 0 Å². The highest BCUT2D eigenvalue weighted by Gasteiger charge is 2.15. The Bertz CT molecular complexity index is 1180. The molecule has 0 aliphatic heterocycles. The SMILES string of the molecule is CC(=O)Nc1cccc(Oc2ncnc3scc(-c4ccc(C)c(C)c4)c23)c1. The summed E-state index contributed by atoms with van der Waals surface area (Å²) < 4.78 is 6.09. The van der Waals surface area contributed by atoms with Gasteiger partial charge in [0.25, 0.3) is 0 Å². The van der Waals surface area contributed by atoms with Crippen molar-refractivity contribution in [3.63, 3.8) is 0 Å². The van der Waals surface area contributed by atoms with Gasteiger partial charge in [-0.25, -0.2) is 9.97 Å². The molecule has 5 nitrogen and oxygen atoms in total. The Labute approximate surface area is 167 Å². The molecule has 140 valence electrons. The van der Waals surface area contributed by atoms with Crippen LogP contribution in [0.2, 0.25) is 0 Å². The molecule has 0 aliphatic carbocycles. The Kier molecular flexibility index (Phi) is 4.79. The van der Waals surface area contributed by atoms with Crippen LogP contribution in [-0.4, -0.2) is 15.9 Å². The fourth-order valence-electron chi connectivity index (χ4n) is 3.00. The van der Waals surface area contributed by atoms with Crippen LogP contribution in [-0.2, 0) is 4.79 Å². The minimum Gasteiger partial charge on any atom is -0.438 e. The molecule has 0 bridgehead atoms. The van der Waals surface area contributed by atoms with Crippen molar-refractivity contribution in [3.05, 3.63) is 65.3 Å². The van der Waals surface area contributed by atoms with Gasteiger partial charge in [0.05, 0.1) is 5.39 Å². The van der Waals surface area contributed by atoms with Gasteiger partial charge in [-0.1, -0.05) is 24.3 Å². The molecule has 6 heteroatoms. The van der Waals surface area contributed by atoms with Gasteiger partial charge in [-0.2, -0.15) is 0 Å². The standard InChI is InChI=1S/C22H19N3O2S/c1-13-7-8-16(9-14(13)2)19-11-28-22-20(19)21(23-12-24-22)27-18-6-4-5-17(10-18)25-15(3)26/h4-12H,1-3H3,(H,25,26). The number of hydrogen-bond donors (Lipinski definition) is 1. The minimum atomic E-state index is -0.128. The predicted molar refractivity (Wildman–Crippen MR) is 113 cm³/mol. The van der Waals surface area contributed by atoms with E-state index in [1.54, 1.807) is 17.4 Å². The van der Waals surface area contributed by atoms with Crippen LogP contribution in [0, 0.1) is 13.8 Å². The third kappa shape index (κ3) is 3.59. The first-order valence-corrected chi connectivity index (χ1v) is 9.74. The van der Waals surface area contributed by atoms with Crippen molar-refractivity contribution >= 4 is 33.1 Å². The van der Waals surface area contributed by atoms with E-state index in [9.17, 15) is 4.79 Å². The molecule has 0 atom stereocenters. The molecule has 2 aromatic heterocycles. The van der Waals surface area contributed by atoms with Crippen molar-refractivity contribution in [2.24, 2.45) is 0 Å². The summed E-state index contributed by atoms with van der Waals surface area (Å²) in [6.07, 6.45) is 1.51. The van der Waals surface area contributed by atoms with Crippen molar-refractivity contribution in [1.29, 1.82) is 0 Å². The second-order valence-corrected chi connectivity index (χ2v) is 7.48. The zero-order valence-electron chi connectivity index (χ0n) is 15.8. The molecule has 0 fully saturated rings. The lowest BCUT2D eigenvalue weighted by atomic mass is 10.0. The average Bonchev–Trinajstić information content (AvgIpc) is 3.09. The molecule has 1 N–H and O–H groups in total. The number of fused-ring (bicyclic) bond motifs is 1. The summed E-state index contributed by atoms with van der Waals surface area (Å²) in [7, 11) is 0. The number of nitrogens with zero attached hydrogens (tertiary/aromatic N) is 2. The molecule has 0 unspecified atom stereocenters. The van der Waals surface area contributed by atoms with Gasteiger partial charge >= 0.3 is 0 Å². The third-order valence-corrected chi connectivity index (χ3v) is 5.41. The summed E-state index contributed by atoms with van der Waals surface area (Å²) in [5.41, 5.74) is 5.33. The molecule has 0 spiro atoms. The first-order valence-electron chi connectivity index (χ1n) is 8.86. The summed E-state index contributed by atoms with van der Waals surface area (Å²) in [4.78, 5) is 21.0. The smallest absolute Gasteiger partial charge is 0.231 e. The van der Waals surface area contributed by atoms with Gasteiger partial charge in [0.1, 0.15) is 16.9 Å². The largest absolute Gasteiger partial charge is 0.438 e. The van der Waals surface area contributed by atoms with E-state index in [0.29, 0.717) is 17.3 Å². The van der Waals surface area contributed by atoms with Crippen molar-refractivity contribution in [3.8, 4) is 22.8 Å². The number of nitrogens with one attached hydrogen (secondary N) is 1. The number of ether oxygens (including phenoxy) is 1. The topological polar surface area (TPSA) is 64.1 Å². The summed E-state index contributed by atoms with van der Waals surface area (Å²) in [5.74, 6) is 0.972. The number of aryl methyl sites for hydroxylation is 2. The molecule has 28 heavy (non-hydrogen) atoms. The fraction of sp³-hybridized carbons (Fsp3) is 0.136. The highest BCUT2D eigenvalue weighted by atomic mass is 32.1. The quantitative estimate of drug-likeness (QED) is 0.484. The van der Waals surface area contributed by atoms with Crippen LogP contribution in [0.3, 0.4) is 0 Å². The number of rotatable bonds is 4. The van der Waals surface area contributed by atoms with Crippen LogP contribution in [0.1, 0.15) is 18.1 Å². The maximum atomic E-state index is 11.3. The lowest BCUT2D eigenvalue weighted by molar-refractivity contribution is -0.114. The van der Waals surface area contributed by atoms with Crippen LogP contribution in [0.4, 0.5) is 5.69 Å². The maximum Gasteiger partial charge on any atom is 0.231 e. The number of thiophene rings is 1. The molecule has 0 radical (unpaired) electrons. The second kappa shape index (κ2) is 7.40. The Morgan fingerprint density at radius 3 is 2.71 bits per heavy atom. The van der Waals surface area contributed by atoms with E-state index in [-0.39, 0.29) is 5.91 Å². The molecule has 0 saturated carbocycles. The zero-order chi connectivity index (χ0) is 19.7. The van der Waals surface area contributed by atoms with Crippen molar-refractivity contribution in [1.82, 2.24) is 9.97 Å². The molecular weight excluding hydrogens is 370 g/mol. The number of carbonyl (C=O) groups excluding carboxylic acids is 1. The van der Waals surface area contributed by atoms with Crippen LogP contribution in [0.15, 0.2) is 54.2 Å². The Balaban J connectivity index is 1.77. The van der Waals surface area contributed by atoms with E-state index in [4.69, 9.17) is 4.74 Å². The molecular formula is C22H19N3O2S. The lowest BCUT2D eigenvalue weighted by Crippen LogP contribution is -2.05. The number of anilines is 1. The average molecular weight is 389 g/mol. The Hall–Kier alpha value is -3.25. The summed E-state index contributed by atoms with van der Waals surface area (Å²) in [6.45, 7) is 5.68. The summed E-state index contributed by atoms with van der Waals surface area (Å²) in [5, 5.41) is 5.74. The van der Waals surface area contributed by atoms with Gasteiger partial charge in [0.2, 0.25) is 11.8 Å². The number of hydrogen-bond acceptors (Lipinski definition) is 5. The van der Waals surface area contributed by atoms with E-state index in [1.165, 1.54) is 24.4 Å². The minimum absolute atomic E-state index is 0.128. The van der Waals surface area contributed by atoms with E-state index in [2.05, 4.69) is 52.7 Å². The number of benzene rings is 2. The predicted octanol–water partition coefficient (Wildman–Crippen LogP) is 5.73. The van der Waals surface area contributed by atoms with Crippen molar-refractivity contribution in [2.45, 2.75) is 20.8 Å². The highest BCUT2D eigenvalue weighted by Crippen LogP contribution is 2.39. The highest BCUT2D eigenvalue weighted by molar-refractivity contribution is 7.17. The van der Waals surface area contributed by atoms with E-state index >= 15 is 0 Å². The normalized spacial score (nSPS) is 10.8. The lowest BCUT2D eigenvalue weighted by Gasteiger charge is -2.10. The van der Waals surface area contributed by atoms with Crippen molar-refractivity contribution < 1.29 is 9.53 Å². The first kappa shape index (κ1) is 18.1. The third-order valence-electron chi connectivity index (χ3n) is 4.52.